The first-order valence-electron chi connectivity index (χ1n) is 10.3. The summed E-state index contributed by atoms with van der Waals surface area (Å²) < 4.78 is 10.5. The minimum absolute atomic E-state index is 0.214. The third-order valence-electron chi connectivity index (χ3n) is 5.27. The highest BCUT2D eigenvalue weighted by atomic mass is 16.5. The lowest BCUT2D eigenvalue weighted by Crippen LogP contribution is -2.54. The van der Waals surface area contributed by atoms with E-state index in [1.165, 1.54) is 24.0 Å². The van der Waals surface area contributed by atoms with Gasteiger partial charge in [-0.25, -0.2) is 0 Å². The molecule has 2 aromatic carbocycles. The largest absolute Gasteiger partial charge is 0.493 e. The van der Waals surface area contributed by atoms with E-state index in [9.17, 15) is 14.4 Å². The average Bonchev–Trinajstić information content (AvgIpc) is 3.26. The van der Waals surface area contributed by atoms with Crippen LogP contribution in [0, 0.1) is 6.92 Å². The number of nitrogens with two attached hydrogens (primary N) is 1. The Morgan fingerprint density at radius 3 is 2.16 bits per heavy atom. The van der Waals surface area contributed by atoms with Crippen molar-refractivity contribution in [3.63, 3.8) is 0 Å². The first-order valence-corrected chi connectivity index (χ1v) is 10.3. The molecule has 32 heavy (non-hydrogen) atoms. The Morgan fingerprint density at radius 1 is 0.969 bits per heavy atom. The van der Waals surface area contributed by atoms with Gasteiger partial charge in [0.25, 0.3) is 17.7 Å². The van der Waals surface area contributed by atoms with E-state index in [0.29, 0.717) is 22.6 Å². The highest BCUT2D eigenvalue weighted by Crippen LogP contribution is 2.29. The molecule has 170 valence electrons. The summed E-state index contributed by atoms with van der Waals surface area (Å²) in [5.74, 6) is -0.279. The van der Waals surface area contributed by atoms with Crippen LogP contribution in [0.3, 0.4) is 0 Å². The molecule has 2 aromatic rings. The molecular weight excluding hydrogens is 412 g/mol. The maximum Gasteiger partial charge on any atom is 0.263 e. The maximum absolute atomic E-state index is 13.3. The molecule has 1 heterocycles. The number of carbonyl (C=O) groups excluding carboxylic acids is 3. The van der Waals surface area contributed by atoms with Crippen molar-refractivity contribution in [1.29, 1.82) is 0 Å². The quantitative estimate of drug-likeness (QED) is 0.664. The topological polar surface area (TPSA) is 114 Å². The summed E-state index contributed by atoms with van der Waals surface area (Å²) in [6.07, 6.45) is -1.09. The molecule has 3 N–H and O–H groups in total. The molecule has 1 fully saturated rings. The number of benzene rings is 2. The summed E-state index contributed by atoms with van der Waals surface area (Å²) >= 11 is 0. The molecular formula is C23H28N4O5. The van der Waals surface area contributed by atoms with Crippen molar-refractivity contribution < 1.29 is 23.9 Å². The molecule has 0 saturated carbocycles. The lowest BCUT2D eigenvalue weighted by atomic mass is 10.1. The van der Waals surface area contributed by atoms with E-state index in [1.54, 1.807) is 36.4 Å². The molecule has 9 heteroatoms. The number of hydrogen-bond acceptors (Lipinski definition) is 6. The first kappa shape index (κ1) is 23.1. The smallest absolute Gasteiger partial charge is 0.263 e. The van der Waals surface area contributed by atoms with Crippen LogP contribution in [0.5, 0.6) is 11.5 Å². The van der Waals surface area contributed by atoms with E-state index >= 15 is 0 Å². The van der Waals surface area contributed by atoms with Gasteiger partial charge < -0.3 is 30.3 Å². The van der Waals surface area contributed by atoms with E-state index in [2.05, 4.69) is 5.32 Å². The number of nitrogens with one attached hydrogen (secondary N) is 1. The Morgan fingerprint density at radius 2 is 1.59 bits per heavy atom. The summed E-state index contributed by atoms with van der Waals surface area (Å²) in [5.41, 5.74) is 7.23. The second-order valence-electron chi connectivity index (χ2n) is 7.39. The third kappa shape index (κ3) is 4.67. The lowest BCUT2D eigenvalue weighted by molar-refractivity contribution is -0.128. The normalized spacial score (nSPS) is 15.4. The second kappa shape index (κ2) is 10.1. The highest BCUT2D eigenvalue weighted by molar-refractivity contribution is 6.02. The average molecular weight is 441 g/mol. The van der Waals surface area contributed by atoms with Crippen molar-refractivity contribution in [2.45, 2.75) is 13.1 Å². The zero-order valence-electron chi connectivity index (χ0n) is 18.5. The van der Waals surface area contributed by atoms with Crippen LogP contribution in [-0.2, 0) is 4.79 Å². The molecule has 0 bridgehead atoms. The number of amides is 3. The molecule has 0 aliphatic carbocycles. The van der Waals surface area contributed by atoms with Crippen molar-refractivity contribution in [2.24, 2.45) is 5.73 Å². The fraction of sp³-hybridized carbons (Fsp3) is 0.348. The summed E-state index contributed by atoms with van der Waals surface area (Å²) in [7, 11) is 2.99. The van der Waals surface area contributed by atoms with Crippen LogP contribution < -0.4 is 20.5 Å². The SMILES string of the molecule is COc1ccc(C(=O)N2CCN(C(=O)c3cccc(C)c3)C2C(=O)NCCN)cc1OC. The lowest BCUT2D eigenvalue weighted by Gasteiger charge is -2.29. The summed E-state index contributed by atoms with van der Waals surface area (Å²) in [4.78, 5) is 42.4. The van der Waals surface area contributed by atoms with Gasteiger partial charge in [0.05, 0.1) is 14.2 Å². The Kier molecular flexibility index (Phi) is 7.32. The zero-order chi connectivity index (χ0) is 23.3. The van der Waals surface area contributed by atoms with E-state index in [-0.39, 0.29) is 32.1 Å². The summed E-state index contributed by atoms with van der Waals surface area (Å²) in [6.45, 7) is 2.81. The number of nitrogens with zero attached hydrogens (tertiary/aromatic N) is 2. The number of ether oxygens (including phenoxy) is 2. The fourth-order valence-electron chi connectivity index (χ4n) is 3.70. The fourth-order valence-corrected chi connectivity index (χ4v) is 3.70. The third-order valence-corrected chi connectivity index (χ3v) is 5.27. The molecule has 1 aliphatic rings. The monoisotopic (exact) mass is 440 g/mol. The standard InChI is InChI=1S/C23H28N4O5/c1-15-5-4-6-16(13-15)22(29)26-11-12-27(21(26)20(28)25-10-9-24)23(30)17-7-8-18(31-2)19(14-17)32-3/h4-8,13-14,21H,9-12,24H2,1-3H3,(H,25,28). The van der Waals surface area contributed by atoms with Gasteiger partial charge in [-0.2, -0.15) is 0 Å². The van der Waals surface area contributed by atoms with E-state index in [0.717, 1.165) is 5.56 Å². The van der Waals surface area contributed by atoms with Gasteiger partial charge >= 0.3 is 0 Å². The zero-order valence-corrected chi connectivity index (χ0v) is 18.5. The summed E-state index contributed by atoms with van der Waals surface area (Å²) in [6, 6.07) is 11.9. The summed E-state index contributed by atoms with van der Waals surface area (Å²) in [5, 5.41) is 2.70. The van der Waals surface area contributed by atoms with Gasteiger partial charge in [0.15, 0.2) is 17.7 Å². The van der Waals surface area contributed by atoms with Crippen molar-refractivity contribution >= 4 is 17.7 Å². The van der Waals surface area contributed by atoms with Gasteiger partial charge in [-0.1, -0.05) is 17.7 Å². The Balaban J connectivity index is 1.93. The first-order chi connectivity index (χ1) is 15.4. The molecule has 3 amide bonds. The van der Waals surface area contributed by atoms with Crippen molar-refractivity contribution in [2.75, 3.05) is 40.4 Å². The number of methoxy groups -OCH3 is 2. The molecule has 1 saturated heterocycles. The van der Waals surface area contributed by atoms with Crippen molar-refractivity contribution in [3.8, 4) is 11.5 Å². The molecule has 3 rings (SSSR count). The van der Waals surface area contributed by atoms with Gasteiger partial charge in [0, 0.05) is 37.3 Å². The molecule has 9 nitrogen and oxygen atoms in total. The van der Waals surface area contributed by atoms with Gasteiger partial charge in [-0.05, 0) is 37.3 Å². The minimum Gasteiger partial charge on any atom is -0.493 e. The number of aryl methyl sites for hydroxylation is 1. The van der Waals surface area contributed by atoms with Crippen LogP contribution in [0.2, 0.25) is 0 Å². The molecule has 1 aliphatic heterocycles. The Bertz CT molecular complexity index is 1010. The van der Waals surface area contributed by atoms with E-state index < -0.39 is 18.0 Å². The van der Waals surface area contributed by atoms with Crippen molar-refractivity contribution in [1.82, 2.24) is 15.1 Å². The predicted octanol–water partition coefficient (Wildman–Crippen LogP) is 1.01. The van der Waals surface area contributed by atoms with Crippen LogP contribution >= 0.6 is 0 Å². The second-order valence-corrected chi connectivity index (χ2v) is 7.39. The maximum atomic E-state index is 13.3. The number of carbonyl (C=O) groups is 3. The molecule has 0 aromatic heterocycles. The van der Waals surface area contributed by atoms with Crippen LogP contribution in [0.15, 0.2) is 42.5 Å². The van der Waals surface area contributed by atoms with Crippen LogP contribution in [0.1, 0.15) is 26.3 Å². The van der Waals surface area contributed by atoms with Gasteiger partial charge in [0.2, 0.25) is 0 Å². The van der Waals surface area contributed by atoms with E-state index in [4.69, 9.17) is 15.2 Å². The van der Waals surface area contributed by atoms with Crippen molar-refractivity contribution in [3.05, 3.63) is 59.2 Å². The van der Waals surface area contributed by atoms with Gasteiger partial charge in [-0.3, -0.25) is 14.4 Å². The Hall–Kier alpha value is -3.59. The number of rotatable bonds is 7. The molecule has 0 radical (unpaired) electrons. The molecule has 1 unspecified atom stereocenters. The van der Waals surface area contributed by atoms with Crippen LogP contribution in [0.4, 0.5) is 0 Å². The van der Waals surface area contributed by atoms with Gasteiger partial charge in [0.1, 0.15) is 0 Å². The predicted molar refractivity (Wildman–Crippen MR) is 119 cm³/mol. The van der Waals surface area contributed by atoms with Gasteiger partial charge in [-0.15, -0.1) is 0 Å². The number of hydrogen-bond donors (Lipinski definition) is 2. The Labute approximate surface area is 187 Å². The molecule has 0 spiro atoms. The van der Waals surface area contributed by atoms with Crippen LogP contribution in [0.25, 0.3) is 0 Å². The highest BCUT2D eigenvalue weighted by Gasteiger charge is 2.43. The van der Waals surface area contributed by atoms with Crippen LogP contribution in [-0.4, -0.2) is 74.1 Å². The molecule has 1 atom stereocenters. The minimum atomic E-state index is -1.09. The van der Waals surface area contributed by atoms with E-state index in [1.807, 2.05) is 13.0 Å².